The van der Waals surface area contributed by atoms with E-state index in [1.807, 2.05) is 13.0 Å². The third kappa shape index (κ3) is 2.22. The molecule has 0 aliphatic carbocycles. The van der Waals surface area contributed by atoms with Crippen molar-refractivity contribution in [3.63, 3.8) is 0 Å². The average molecular weight is 268 g/mol. The van der Waals surface area contributed by atoms with Gasteiger partial charge in [-0.25, -0.2) is 9.97 Å². The first kappa shape index (κ1) is 12.6. The van der Waals surface area contributed by atoms with Crippen molar-refractivity contribution in [2.45, 2.75) is 26.7 Å². The van der Waals surface area contributed by atoms with E-state index >= 15 is 0 Å². The Kier molecular flexibility index (Phi) is 3.10. The maximum Gasteiger partial charge on any atom is 0.248 e. The lowest BCUT2D eigenvalue weighted by Gasteiger charge is -2.14. The molecule has 0 bridgehead atoms. The fourth-order valence-corrected chi connectivity index (χ4v) is 2.13. The fraction of sp³-hybridized carbons (Fsp3) is 0.267. The molecule has 3 rings (SSSR count). The normalized spacial score (nSPS) is 11.2. The van der Waals surface area contributed by atoms with Crippen molar-refractivity contribution in [2.75, 3.05) is 0 Å². The summed E-state index contributed by atoms with van der Waals surface area (Å²) in [5.41, 5.74) is 3.62. The highest BCUT2D eigenvalue weighted by Crippen LogP contribution is 2.32. The van der Waals surface area contributed by atoms with Crippen LogP contribution in [-0.4, -0.2) is 19.9 Å². The predicted molar refractivity (Wildman–Crippen MR) is 77.0 cm³/mol. The van der Waals surface area contributed by atoms with Crippen molar-refractivity contribution < 1.29 is 4.74 Å². The largest absolute Gasteiger partial charge is 0.437 e. The van der Waals surface area contributed by atoms with Crippen LogP contribution in [0.1, 0.15) is 30.9 Å². The van der Waals surface area contributed by atoms with Crippen LogP contribution >= 0.6 is 0 Å². The van der Waals surface area contributed by atoms with Gasteiger partial charge in [-0.2, -0.15) is 4.98 Å². The molecule has 20 heavy (non-hydrogen) atoms. The molecule has 102 valence electrons. The van der Waals surface area contributed by atoms with Crippen molar-refractivity contribution in [3.05, 3.63) is 42.0 Å². The molecule has 0 aliphatic rings. The summed E-state index contributed by atoms with van der Waals surface area (Å²) >= 11 is 0. The summed E-state index contributed by atoms with van der Waals surface area (Å²) in [5.74, 6) is 1.71. The Labute approximate surface area is 117 Å². The Hall–Kier alpha value is -2.43. The van der Waals surface area contributed by atoms with Gasteiger partial charge in [-0.05, 0) is 30.0 Å². The lowest BCUT2D eigenvalue weighted by atomic mass is 10.0. The van der Waals surface area contributed by atoms with E-state index in [-0.39, 0.29) is 0 Å². The second kappa shape index (κ2) is 4.92. The van der Waals surface area contributed by atoms with E-state index in [0.717, 1.165) is 16.9 Å². The summed E-state index contributed by atoms with van der Waals surface area (Å²) in [5, 5.41) is 0. The summed E-state index contributed by atoms with van der Waals surface area (Å²) < 4.78 is 6.00. The molecular formula is C15H16N4O. The van der Waals surface area contributed by atoms with Crippen LogP contribution in [0, 0.1) is 6.92 Å². The zero-order valence-corrected chi connectivity index (χ0v) is 11.7. The SMILES string of the molecule is Cc1ccc(C(C)C)c(Oc2ncnc3nc[nH]c23)c1. The smallest absolute Gasteiger partial charge is 0.248 e. The molecule has 3 aromatic rings. The van der Waals surface area contributed by atoms with Crippen LogP contribution in [0.2, 0.25) is 0 Å². The quantitative estimate of drug-likeness (QED) is 0.788. The van der Waals surface area contributed by atoms with Gasteiger partial charge in [-0.3, -0.25) is 0 Å². The molecule has 0 aliphatic heterocycles. The standard InChI is InChI=1S/C15H16N4O/c1-9(2)11-5-4-10(3)6-12(11)20-15-13-14(17-7-16-13)18-8-19-15/h4-9H,1-3H3,(H,16,17,18,19). The van der Waals surface area contributed by atoms with Crippen LogP contribution in [0.3, 0.4) is 0 Å². The topological polar surface area (TPSA) is 63.7 Å². The summed E-state index contributed by atoms with van der Waals surface area (Å²) in [7, 11) is 0. The first-order valence-electron chi connectivity index (χ1n) is 6.57. The monoisotopic (exact) mass is 268 g/mol. The molecule has 0 spiro atoms. The average Bonchev–Trinajstić information content (AvgIpc) is 2.88. The number of nitrogens with one attached hydrogen (secondary N) is 1. The maximum atomic E-state index is 6.00. The van der Waals surface area contributed by atoms with Crippen LogP contribution in [-0.2, 0) is 0 Å². The molecule has 0 saturated heterocycles. The molecule has 1 N–H and O–H groups in total. The summed E-state index contributed by atoms with van der Waals surface area (Å²) in [6.07, 6.45) is 3.05. The van der Waals surface area contributed by atoms with Gasteiger partial charge in [0.05, 0.1) is 6.33 Å². The molecule has 0 unspecified atom stereocenters. The van der Waals surface area contributed by atoms with Gasteiger partial charge in [0.2, 0.25) is 5.88 Å². The van der Waals surface area contributed by atoms with E-state index in [1.165, 1.54) is 6.33 Å². The molecule has 0 radical (unpaired) electrons. The van der Waals surface area contributed by atoms with Crippen LogP contribution in [0.25, 0.3) is 11.2 Å². The summed E-state index contributed by atoms with van der Waals surface area (Å²) in [6.45, 7) is 6.33. The zero-order valence-electron chi connectivity index (χ0n) is 11.7. The maximum absolute atomic E-state index is 6.00. The van der Waals surface area contributed by atoms with Crippen molar-refractivity contribution in [1.82, 2.24) is 19.9 Å². The van der Waals surface area contributed by atoms with Crippen molar-refractivity contribution in [2.24, 2.45) is 0 Å². The Balaban J connectivity index is 2.07. The Bertz CT molecular complexity index is 748. The van der Waals surface area contributed by atoms with Crippen molar-refractivity contribution in [3.8, 4) is 11.6 Å². The molecule has 5 nitrogen and oxygen atoms in total. The van der Waals surface area contributed by atoms with Gasteiger partial charge in [0, 0.05) is 0 Å². The molecule has 1 aromatic carbocycles. The van der Waals surface area contributed by atoms with Gasteiger partial charge in [-0.15, -0.1) is 0 Å². The Morgan fingerprint density at radius 3 is 2.80 bits per heavy atom. The molecule has 0 saturated carbocycles. The number of aromatic nitrogens is 4. The number of hydrogen-bond donors (Lipinski definition) is 1. The molecule has 0 amide bonds. The molecule has 5 heteroatoms. The number of ether oxygens (including phenoxy) is 1. The Morgan fingerprint density at radius 1 is 1.15 bits per heavy atom. The Morgan fingerprint density at radius 2 is 2.00 bits per heavy atom. The zero-order chi connectivity index (χ0) is 14.1. The molecule has 0 atom stereocenters. The number of aryl methyl sites for hydroxylation is 1. The number of aromatic amines is 1. The highest BCUT2D eigenvalue weighted by atomic mass is 16.5. The highest BCUT2D eigenvalue weighted by molar-refractivity contribution is 5.75. The third-order valence-electron chi connectivity index (χ3n) is 3.19. The van der Waals surface area contributed by atoms with Crippen LogP contribution in [0.15, 0.2) is 30.9 Å². The highest BCUT2D eigenvalue weighted by Gasteiger charge is 2.13. The third-order valence-corrected chi connectivity index (χ3v) is 3.19. The number of imidazole rings is 1. The number of nitrogens with zero attached hydrogens (tertiary/aromatic N) is 3. The second-order valence-electron chi connectivity index (χ2n) is 5.08. The lowest BCUT2D eigenvalue weighted by molar-refractivity contribution is 0.458. The van der Waals surface area contributed by atoms with E-state index in [4.69, 9.17) is 4.74 Å². The fourth-order valence-electron chi connectivity index (χ4n) is 2.13. The minimum absolute atomic E-state index is 0.379. The van der Waals surface area contributed by atoms with Crippen molar-refractivity contribution in [1.29, 1.82) is 0 Å². The minimum atomic E-state index is 0.379. The summed E-state index contributed by atoms with van der Waals surface area (Å²) in [6, 6.07) is 6.22. The van der Waals surface area contributed by atoms with Crippen LogP contribution in [0.4, 0.5) is 0 Å². The van der Waals surface area contributed by atoms with Gasteiger partial charge in [0.25, 0.3) is 0 Å². The van der Waals surface area contributed by atoms with Crippen molar-refractivity contribution >= 4 is 11.2 Å². The van der Waals surface area contributed by atoms with Gasteiger partial charge in [0.15, 0.2) is 5.65 Å². The molecular weight excluding hydrogens is 252 g/mol. The summed E-state index contributed by atoms with van der Waals surface area (Å²) in [4.78, 5) is 15.4. The van der Waals surface area contributed by atoms with Gasteiger partial charge >= 0.3 is 0 Å². The van der Waals surface area contributed by atoms with Crippen LogP contribution in [0.5, 0.6) is 11.6 Å². The number of H-pyrrole nitrogens is 1. The number of benzene rings is 1. The van der Waals surface area contributed by atoms with Crippen LogP contribution < -0.4 is 4.74 Å². The van der Waals surface area contributed by atoms with E-state index in [0.29, 0.717) is 23.0 Å². The predicted octanol–water partition coefficient (Wildman–Crippen LogP) is 3.58. The van der Waals surface area contributed by atoms with E-state index in [2.05, 4.69) is 45.9 Å². The lowest BCUT2D eigenvalue weighted by Crippen LogP contribution is -1.97. The molecule has 0 fully saturated rings. The first-order chi connectivity index (χ1) is 9.65. The van der Waals surface area contributed by atoms with Gasteiger partial charge in [-0.1, -0.05) is 26.0 Å². The van der Waals surface area contributed by atoms with E-state index in [1.54, 1.807) is 6.33 Å². The van der Waals surface area contributed by atoms with E-state index < -0.39 is 0 Å². The second-order valence-corrected chi connectivity index (χ2v) is 5.08. The molecule has 2 heterocycles. The molecule has 2 aromatic heterocycles. The number of fused-ring (bicyclic) bond motifs is 1. The minimum Gasteiger partial charge on any atom is -0.437 e. The number of rotatable bonds is 3. The van der Waals surface area contributed by atoms with Gasteiger partial charge < -0.3 is 9.72 Å². The van der Waals surface area contributed by atoms with E-state index in [9.17, 15) is 0 Å². The number of hydrogen-bond acceptors (Lipinski definition) is 4. The first-order valence-corrected chi connectivity index (χ1v) is 6.57. The van der Waals surface area contributed by atoms with Gasteiger partial charge in [0.1, 0.15) is 17.6 Å².